The summed E-state index contributed by atoms with van der Waals surface area (Å²) < 4.78 is 36.0. The van der Waals surface area contributed by atoms with Crippen molar-refractivity contribution in [3.8, 4) is 0 Å². The molecule has 17 nitrogen and oxygen atoms in total. The van der Waals surface area contributed by atoms with Gasteiger partial charge in [-0.15, -0.1) is 0 Å². The van der Waals surface area contributed by atoms with Gasteiger partial charge in [0.2, 0.25) is 0 Å². The van der Waals surface area contributed by atoms with Gasteiger partial charge in [0.05, 0.1) is 24.1 Å². The minimum absolute atomic E-state index is 0. The number of esters is 4. The molecule has 1 heterocycles. The Labute approximate surface area is 359 Å². The Morgan fingerprint density at radius 1 is 0.887 bits per heavy atom. The van der Waals surface area contributed by atoms with Gasteiger partial charge in [-0.1, -0.05) is 62.4 Å². The molecular formula is C45H57NO16. The van der Waals surface area contributed by atoms with E-state index in [0.717, 1.165) is 6.92 Å². The van der Waals surface area contributed by atoms with Crippen LogP contribution in [0.5, 0.6) is 0 Å². The van der Waals surface area contributed by atoms with Gasteiger partial charge in [0.1, 0.15) is 29.5 Å². The summed E-state index contributed by atoms with van der Waals surface area (Å²) in [4.78, 5) is 82.8. The monoisotopic (exact) mass is 867 g/mol. The van der Waals surface area contributed by atoms with Crippen LogP contribution in [0.15, 0.2) is 71.8 Å². The lowest BCUT2D eigenvalue weighted by Gasteiger charge is -2.64. The fourth-order valence-electron chi connectivity index (χ4n) is 10.4. The van der Waals surface area contributed by atoms with Gasteiger partial charge in [-0.05, 0) is 75.3 Å². The molecule has 5 aliphatic rings. The molecule has 0 aromatic heterocycles. The average Bonchev–Trinajstić information content (AvgIpc) is 3.90. The van der Waals surface area contributed by atoms with E-state index in [0.29, 0.717) is 12.0 Å². The first-order valence-corrected chi connectivity index (χ1v) is 20.2. The molecule has 3 saturated carbocycles. The lowest BCUT2D eigenvalue weighted by molar-refractivity contribution is -0.323. The number of ether oxygens (including phenoxy) is 6. The fourth-order valence-corrected chi connectivity index (χ4v) is 10.4. The molecule has 62 heavy (non-hydrogen) atoms. The van der Waals surface area contributed by atoms with Crippen LogP contribution in [-0.2, 0) is 47.6 Å². The Hall–Kier alpha value is -5.20. The van der Waals surface area contributed by atoms with Crippen LogP contribution in [0.4, 0.5) is 4.79 Å². The van der Waals surface area contributed by atoms with Crippen molar-refractivity contribution >= 4 is 35.8 Å². The average molecular weight is 868 g/mol. The zero-order valence-corrected chi connectivity index (χ0v) is 36.0. The third kappa shape index (κ3) is 7.89. The van der Waals surface area contributed by atoms with Crippen LogP contribution in [0.1, 0.15) is 96.6 Å². The highest BCUT2D eigenvalue weighted by molar-refractivity contribution is 5.97. The fraction of sp³-hybridized carbons (Fsp3) is 0.556. The maximum absolute atomic E-state index is 15.4. The number of alkyl carbamates (subject to hydrolysis) is 1. The van der Waals surface area contributed by atoms with E-state index in [-0.39, 0.29) is 46.6 Å². The molecular weight excluding hydrogens is 810 g/mol. The summed E-state index contributed by atoms with van der Waals surface area (Å²) in [5.41, 5.74) is -6.79. The number of carbonyl (C=O) groups excluding carboxylic acids is 6. The highest BCUT2D eigenvalue weighted by Crippen LogP contribution is 2.74. The Balaban J connectivity index is 0.00000363. The minimum atomic E-state index is -2.25. The highest BCUT2D eigenvalue weighted by atomic mass is 16.6. The Kier molecular flexibility index (Phi) is 13.0. The lowest BCUT2D eigenvalue weighted by atomic mass is 9.48. The van der Waals surface area contributed by atoms with Gasteiger partial charge >= 0.3 is 30.0 Å². The third-order valence-corrected chi connectivity index (χ3v) is 13.2. The zero-order valence-electron chi connectivity index (χ0n) is 36.0. The van der Waals surface area contributed by atoms with Crippen molar-refractivity contribution in [2.75, 3.05) is 6.61 Å². The van der Waals surface area contributed by atoms with E-state index in [2.05, 4.69) is 5.32 Å². The van der Waals surface area contributed by atoms with Gasteiger partial charge < -0.3 is 54.9 Å². The lowest BCUT2D eigenvalue weighted by Crippen LogP contribution is -2.78. The number of hydrogen-bond acceptors (Lipinski definition) is 14. The van der Waals surface area contributed by atoms with Crippen LogP contribution in [-0.4, -0.2) is 111 Å². The molecule has 2 aromatic rings. The number of nitrogens with one attached hydrogen (secondary N) is 1. The second-order valence-corrected chi connectivity index (χ2v) is 18.3. The van der Waals surface area contributed by atoms with Gasteiger partial charge in [0, 0.05) is 31.1 Å². The maximum Gasteiger partial charge on any atom is 0.408 e. The van der Waals surface area contributed by atoms with E-state index < -0.39 is 112 Å². The Bertz CT molecular complexity index is 2120. The first-order valence-electron chi connectivity index (χ1n) is 20.2. The molecule has 1 unspecified atom stereocenters. The van der Waals surface area contributed by atoms with E-state index >= 15 is 4.79 Å². The second-order valence-electron chi connectivity index (χ2n) is 18.3. The van der Waals surface area contributed by atoms with Crippen molar-refractivity contribution in [1.29, 1.82) is 0 Å². The molecule has 1 spiro atoms. The number of fused-ring (bicyclic) bond motifs is 4. The van der Waals surface area contributed by atoms with Crippen LogP contribution in [0.25, 0.3) is 0 Å². The van der Waals surface area contributed by atoms with Gasteiger partial charge in [-0.3, -0.25) is 14.4 Å². The van der Waals surface area contributed by atoms with Crippen molar-refractivity contribution < 1.29 is 78.4 Å². The quantitative estimate of drug-likeness (QED) is 0.186. The van der Waals surface area contributed by atoms with Crippen molar-refractivity contribution in [1.82, 2.24) is 5.32 Å². The van der Waals surface area contributed by atoms with Gasteiger partial charge in [-0.25, -0.2) is 14.4 Å². The molecule has 0 radical (unpaired) electrons. The molecule has 7 N–H and O–H groups in total. The summed E-state index contributed by atoms with van der Waals surface area (Å²) in [5.74, 6) is -5.65. The smallest absolute Gasteiger partial charge is 0.408 e. The van der Waals surface area contributed by atoms with Crippen molar-refractivity contribution in [3.05, 3.63) is 82.9 Å². The molecule has 1 saturated heterocycles. The number of aliphatic hydroxyl groups is 2. The largest absolute Gasteiger partial charge is 0.456 e. The number of amides is 1. The number of benzene rings is 2. The van der Waals surface area contributed by atoms with E-state index in [1.807, 2.05) is 0 Å². The van der Waals surface area contributed by atoms with Crippen molar-refractivity contribution in [2.24, 2.45) is 22.7 Å². The molecule has 4 aliphatic carbocycles. The number of hydrogen-bond donors (Lipinski definition) is 3. The second kappa shape index (κ2) is 16.8. The Morgan fingerprint density at radius 3 is 2.05 bits per heavy atom. The summed E-state index contributed by atoms with van der Waals surface area (Å²) in [6.07, 6.45) is -8.18. The van der Waals surface area contributed by atoms with Crippen LogP contribution in [0.2, 0.25) is 0 Å². The first kappa shape index (κ1) is 47.8. The molecule has 11 atom stereocenters. The molecule has 1 aliphatic heterocycles. The molecule has 17 heteroatoms. The van der Waals surface area contributed by atoms with Crippen LogP contribution >= 0.6 is 0 Å². The summed E-state index contributed by atoms with van der Waals surface area (Å²) in [7, 11) is 0. The normalized spacial score (nSPS) is 32.3. The number of rotatable bonds is 9. The predicted octanol–water partition coefficient (Wildman–Crippen LogP) is 2.82. The highest BCUT2D eigenvalue weighted by Gasteiger charge is 2.84. The SMILES string of the molecule is CC(=O)O[C@H]1C(=O)[C@]23CC2C[C@H]2OC[C@@]2(OC(C)=O)[C@H]3[C@H](OC(=O)c2ccccc2)[C@]2(O)C[C@H](OC(=O)[C@H](O)[C@@H](NC(=O)OC(C)(C)C)c3ccccc3)C(C)=C1C2(C)C.O.O. The van der Waals surface area contributed by atoms with Crippen molar-refractivity contribution in [3.63, 3.8) is 0 Å². The standard InChI is InChI=1S/C45H53NO14.2H2O/c1-23-29(57-39(52)33(49)32(26-15-11-9-12-16-26)46-40(53)60-41(4,5)6)21-45(54)37(58-38(51)27-17-13-10-14-18-27)35-43(36(50)34(56-24(2)47)31(23)42(45,7)8)20-28(43)19-30-44(35,22-55-30)59-25(3)48;;/h9-18,28-30,32-35,37,49,54H,19-22H2,1-8H3,(H,46,53);2*1H2/t28?,29-,30+,32-,33+,34+,35-,37-,43+,44-,45+;;/m0../s1. The van der Waals surface area contributed by atoms with Gasteiger partial charge in [0.15, 0.2) is 23.6 Å². The molecule has 2 aromatic carbocycles. The number of ketones is 1. The zero-order chi connectivity index (χ0) is 43.7. The summed E-state index contributed by atoms with van der Waals surface area (Å²) in [6.45, 7) is 12.0. The van der Waals surface area contributed by atoms with Crippen LogP contribution in [0.3, 0.4) is 0 Å². The third-order valence-electron chi connectivity index (χ3n) is 13.2. The first-order chi connectivity index (χ1) is 28.1. The molecule has 338 valence electrons. The number of carbonyl (C=O) groups is 6. The molecule has 4 fully saturated rings. The summed E-state index contributed by atoms with van der Waals surface area (Å²) in [6, 6.07) is 14.9. The molecule has 7 rings (SSSR count). The summed E-state index contributed by atoms with van der Waals surface area (Å²) >= 11 is 0. The Morgan fingerprint density at radius 2 is 1.50 bits per heavy atom. The van der Waals surface area contributed by atoms with Crippen LogP contribution in [0, 0.1) is 22.7 Å². The maximum atomic E-state index is 15.4. The predicted molar refractivity (Wildman–Crippen MR) is 217 cm³/mol. The van der Waals surface area contributed by atoms with Crippen LogP contribution < -0.4 is 5.32 Å². The van der Waals surface area contributed by atoms with E-state index in [9.17, 15) is 34.2 Å². The summed E-state index contributed by atoms with van der Waals surface area (Å²) in [5, 5.41) is 27.9. The molecule has 1 amide bonds. The number of aliphatic hydroxyl groups excluding tert-OH is 1. The van der Waals surface area contributed by atoms with Gasteiger partial charge in [0.25, 0.3) is 0 Å². The minimum Gasteiger partial charge on any atom is -0.456 e. The van der Waals surface area contributed by atoms with E-state index in [1.54, 1.807) is 90.1 Å². The van der Waals surface area contributed by atoms with E-state index in [1.165, 1.54) is 19.1 Å². The van der Waals surface area contributed by atoms with Crippen molar-refractivity contribution in [2.45, 2.75) is 128 Å². The number of Topliss-reactive ketones (excluding diaryl/α,β-unsaturated/α-hetero) is 1. The van der Waals surface area contributed by atoms with E-state index in [4.69, 9.17) is 28.4 Å². The topological polar surface area (TPSA) is 273 Å². The van der Waals surface area contributed by atoms with Gasteiger partial charge in [-0.2, -0.15) is 0 Å². The molecule has 2 bridgehead atoms.